The van der Waals surface area contributed by atoms with Gasteiger partial charge in [0.25, 0.3) is 0 Å². The molecule has 0 aliphatic carbocycles. The molecule has 4 rings (SSSR count). The maximum absolute atomic E-state index is 12.2. The summed E-state index contributed by atoms with van der Waals surface area (Å²) in [7, 11) is 0. The Hall–Kier alpha value is -2.57. The molecule has 0 saturated heterocycles. The highest BCUT2D eigenvalue weighted by Crippen LogP contribution is 2.22. The Morgan fingerprint density at radius 2 is 2.04 bits per heavy atom. The molecule has 6 nitrogen and oxygen atoms in total. The van der Waals surface area contributed by atoms with Crippen LogP contribution < -0.4 is 0 Å². The Morgan fingerprint density at radius 1 is 1.17 bits per heavy atom. The lowest BCUT2D eigenvalue weighted by molar-refractivity contribution is 0.0467. The number of ether oxygens (including phenoxy) is 1. The van der Waals surface area contributed by atoms with Crippen LogP contribution in [0.3, 0.4) is 0 Å². The number of halogens is 2. The molecule has 0 aliphatic rings. The molecule has 0 unspecified atom stereocenters. The Balaban J connectivity index is 1.53. The minimum atomic E-state index is -0.438. The molecule has 4 aromatic rings. The van der Waals surface area contributed by atoms with Crippen molar-refractivity contribution in [3.63, 3.8) is 0 Å². The third-order valence-corrected chi connectivity index (χ3v) is 3.98. The standard InChI is InChI=1S/C16H10Cl2N4O2/c17-11-5-13(18)15-20-12(8-22(15)7-11)9-24-16(23)10-1-2-14-19-3-4-21(14)6-10/h1-8H,9H2. The average molecular weight is 361 g/mol. The fourth-order valence-electron chi connectivity index (χ4n) is 2.41. The summed E-state index contributed by atoms with van der Waals surface area (Å²) in [5, 5.41) is 0.938. The number of nitrogens with zero attached hydrogens (tertiary/aromatic N) is 4. The molecular weight excluding hydrogens is 351 g/mol. The number of pyridine rings is 2. The quantitative estimate of drug-likeness (QED) is 0.523. The second kappa shape index (κ2) is 5.81. The van der Waals surface area contributed by atoms with Gasteiger partial charge in [-0.1, -0.05) is 23.2 Å². The summed E-state index contributed by atoms with van der Waals surface area (Å²) < 4.78 is 8.77. The van der Waals surface area contributed by atoms with Crippen molar-refractivity contribution in [2.75, 3.05) is 0 Å². The number of imidazole rings is 2. The summed E-state index contributed by atoms with van der Waals surface area (Å²) in [6, 6.07) is 5.04. The Labute approximate surface area is 146 Å². The predicted molar refractivity (Wildman–Crippen MR) is 89.5 cm³/mol. The second-order valence-electron chi connectivity index (χ2n) is 5.16. The van der Waals surface area contributed by atoms with E-state index in [1.165, 1.54) is 0 Å². The maximum Gasteiger partial charge on any atom is 0.340 e. The van der Waals surface area contributed by atoms with E-state index in [0.717, 1.165) is 5.65 Å². The van der Waals surface area contributed by atoms with Crippen molar-refractivity contribution >= 4 is 40.5 Å². The number of hydrogen-bond acceptors (Lipinski definition) is 4. The Kier molecular flexibility index (Phi) is 3.63. The van der Waals surface area contributed by atoms with Crippen molar-refractivity contribution < 1.29 is 9.53 Å². The normalized spacial score (nSPS) is 11.2. The lowest BCUT2D eigenvalue weighted by atomic mass is 10.3. The Bertz CT molecular complexity index is 1070. The van der Waals surface area contributed by atoms with Gasteiger partial charge in [-0.3, -0.25) is 0 Å². The molecular formula is C16H10Cl2N4O2. The van der Waals surface area contributed by atoms with E-state index in [-0.39, 0.29) is 6.61 Å². The number of hydrogen-bond donors (Lipinski definition) is 0. The van der Waals surface area contributed by atoms with Gasteiger partial charge in [0.2, 0.25) is 0 Å². The van der Waals surface area contributed by atoms with Gasteiger partial charge in [-0.25, -0.2) is 14.8 Å². The van der Waals surface area contributed by atoms with Crippen molar-refractivity contribution in [1.29, 1.82) is 0 Å². The molecule has 0 radical (unpaired) electrons. The van der Waals surface area contributed by atoms with Crippen molar-refractivity contribution in [2.24, 2.45) is 0 Å². The molecule has 0 saturated carbocycles. The van der Waals surface area contributed by atoms with E-state index in [1.54, 1.807) is 58.0 Å². The molecule has 0 spiro atoms. The number of esters is 1. The van der Waals surface area contributed by atoms with Gasteiger partial charge in [-0.05, 0) is 18.2 Å². The molecule has 120 valence electrons. The topological polar surface area (TPSA) is 60.9 Å². The molecule has 8 heteroatoms. The van der Waals surface area contributed by atoms with E-state index >= 15 is 0 Å². The first-order chi connectivity index (χ1) is 11.6. The van der Waals surface area contributed by atoms with Crippen LogP contribution >= 0.6 is 23.2 Å². The van der Waals surface area contributed by atoms with Crippen LogP contribution in [-0.4, -0.2) is 24.7 Å². The zero-order valence-electron chi connectivity index (χ0n) is 12.2. The smallest absolute Gasteiger partial charge is 0.340 e. The fraction of sp³-hybridized carbons (Fsp3) is 0.0625. The van der Waals surface area contributed by atoms with Crippen molar-refractivity contribution in [2.45, 2.75) is 6.61 Å². The minimum absolute atomic E-state index is 0.0381. The molecule has 0 atom stereocenters. The summed E-state index contributed by atoms with van der Waals surface area (Å²) in [6.45, 7) is 0.0381. The van der Waals surface area contributed by atoms with Crippen LogP contribution in [-0.2, 0) is 11.3 Å². The van der Waals surface area contributed by atoms with E-state index in [2.05, 4.69) is 9.97 Å². The first-order valence-corrected chi connectivity index (χ1v) is 7.78. The molecule has 0 fully saturated rings. The fourth-order valence-corrected chi connectivity index (χ4v) is 2.94. The van der Waals surface area contributed by atoms with Gasteiger partial charge < -0.3 is 13.5 Å². The van der Waals surface area contributed by atoms with E-state index in [4.69, 9.17) is 27.9 Å². The molecule has 0 bridgehead atoms. The zero-order chi connectivity index (χ0) is 16.7. The van der Waals surface area contributed by atoms with Gasteiger partial charge >= 0.3 is 5.97 Å². The summed E-state index contributed by atoms with van der Waals surface area (Å²) in [5.74, 6) is -0.438. The van der Waals surface area contributed by atoms with E-state index in [1.807, 2.05) is 0 Å². The van der Waals surface area contributed by atoms with Crippen molar-refractivity contribution in [3.8, 4) is 0 Å². The first kappa shape index (κ1) is 15.0. The van der Waals surface area contributed by atoms with Crippen molar-refractivity contribution in [3.05, 3.63) is 70.5 Å². The van der Waals surface area contributed by atoms with Crippen molar-refractivity contribution in [1.82, 2.24) is 18.8 Å². The van der Waals surface area contributed by atoms with Crippen LogP contribution in [0.4, 0.5) is 0 Å². The first-order valence-electron chi connectivity index (χ1n) is 7.02. The zero-order valence-corrected chi connectivity index (χ0v) is 13.7. The SMILES string of the molecule is O=C(OCc1cn2cc(Cl)cc(Cl)c2n1)c1ccc2nccn2c1. The monoisotopic (exact) mass is 360 g/mol. The number of carbonyl (C=O) groups excluding carboxylic acids is 1. The predicted octanol–water partition coefficient (Wildman–Crippen LogP) is 3.65. The largest absolute Gasteiger partial charge is 0.455 e. The van der Waals surface area contributed by atoms with E-state index in [0.29, 0.717) is 26.9 Å². The molecule has 4 heterocycles. The minimum Gasteiger partial charge on any atom is -0.455 e. The van der Waals surface area contributed by atoms with Gasteiger partial charge in [0, 0.05) is 31.0 Å². The lowest BCUT2D eigenvalue weighted by Gasteiger charge is -2.03. The molecule has 0 aliphatic heterocycles. The summed E-state index contributed by atoms with van der Waals surface area (Å²) in [6.07, 6.45) is 8.51. The van der Waals surface area contributed by atoms with E-state index < -0.39 is 5.97 Å². The second-order valence-corrected chi connectivity index (χ2v) is 6.00. The van der Waals surface area contributed by atoms with Crippen LogP contribution in [0.25, 0.3) is 11.3 Å². The number of carbonyl (C=O) groups is 1. The summed E-state index contributed by atoms with van der Waals surface area (Å²) in [5.41, 5.74) is 2.34. The number of aromatic nitrogens is 4. The van der Waals surface area contributed by atoms with Crippen LogP contribution in [0.1, 0.15) is 16.1 Å². The lowest BCUT2D eigenvalue weighted by Crippen LogP contribution is -2.06. The van der Waals surface area contributed by atoms with Gasteiger partial charge in [0.15, 0.2) is 5.65 Å². The third kappa shape index (κ3) is 2.70. The van der Waals surface area contributed by atoms with Gasteiger partial charge in [-0.2, -0.15) is 0 Å². The molecule has 0 aromatic carbocycles. The van der Waals surface area contributed by atoms with Gasteiger partial charge in [0.1, 0.15) is 12.3 Å². The maximum atomic E-state index is 12.2. The summed E-state index contributed by atoms with van der Waals surface area (Å²) in [4.78, 5) is 20.6. The number of fused-ring (bicyclic) bond motifs is 2. The highest BCUT2D eigenvalue weighted by Gasteiger charge is 2.11. The molecule has 0 N–H and O–H groups in total. The van der Waals surface area contributed by atoms with Gasteiger partial charge in [-0.15, -0.1) is 0 Å². The van der Waals surface area contributed by atoms with E-state index in [9.17, 15) is 4.79 Å². The van der Waals surface area contributed by atoms with Crippen LogP contribution in [0.2, 0.25) is 10.0 Å². The molecule has 4 aromatic heterocycles. The number of rotatable bonds is 3. The highest BCUT2D eigenvalue weighted by molar-refractivity contribution is 6.36. The van der Waals surface area contributed by atoms with Crippen LogP contribution in [0, 0.1) is 0 Å². The summed E-state index contributed by atoms with van der Waals surface area (Å²) >= 11 is 12.0. The van der Waals surface area contributed by atoms with Crippen LogP contribution in [0.5, 0.6) is 0 Å². The highest BCUT2D eigenvalue weighted by atomic mass is 35.5. The molecule has 24 heavy (non-hydrogen) atoms. The Morgan fingerprint density at radius 3 is 2.92 bits per heavy atom. The van der Waals surface area contributed by atoms with Crippen LogP contribution in [0.15, 0.2) is 49.2 Å². The average Bonchev–Trinajstić information content (AvgIpc) is 3.17. The third-order valence-electron chi connectivity index (χ3n) is 3.50. The molecule has 0 amide bonds. The van der Waals surface area contributed by atoms with Gasteiger partial charge in [0.05, 0.1) is 21.3 Å².